The highest BCUT2D eigenvalue weighted by molar-refractivity contribution is 8.14. The molecule has 0 spiro atoms. The Kier molecular flexibility index (Phi) is 4.85. The Labute approximate surface area is 82.6 Å². The molecule has 1 rings (SSSR count). The van der Waals surface area contributed by atoms with Crippen LogP contribution in [0.4, 0.5) is 0 Å². The van der Waals surface area contributed by atoms with E-state index in [1.807, 2.05) is 0 Å². The second-order valence-electron chi connectivity index (χ2n) is 2.86. The zero-order chi connectivity index (χ0) is 9.52. The third-order valence-corrected chi connectivity index (χ3v) is 2.62. The van der Waals surface area contributed by atoms with Crippen molar-refractivity contribution in [2.24, 2.45) is 5.10 Å². The molecule has 0 bridgehead atoms. The molecule has 0 aromatic rings. The summed E-state index contributed by atoms with van der Waals surface area (Å²) in [6, 6.07) is 0. The summed E-state index contributed by atoms with van der Waals surface area (Å²) in [4.78, 5) is 0. The summed E-state index contributed by atoms with van der Waals surface area (Å²) < 4.78 is 4.95. The second kappa shape index (κ2) is 5.99. The normalized spacial score (nSPS) is 16.7. The summed E-state index contributed by atoms with van der Waals surface area (Å²) in [5, 5.41) is 11.8. The second-order valence-corrected chi connectivity index (χ2v) is 3.84. The first-order valence-electron chi connectivity index (χ1n) is 4.34. The number of nitrogens with one attached hydrogen (secondary N) is 2. The maximum Gasteiger partial charge on any atom is 0.174 e. The molecule has 0 aromatic heterocycles. The van der Waals surface area contributed by atoms with Crippen molar-refractivity contribution in [2.45, 2.75) is 19.3 Å². The van der Waals surface area contributed by atoms with Gasteiger partial charge in [0.1, 0.15) is 0 Å². The first-order chi connectivity index (χ1) is 6.33. The number of hydrogen-bond acceptors (Lipinski definition) is 4. The fourth-order valence-corrected chi connectivity index (χ4v) is 1.68. The van der Waals surface area contributed by atoms with Crippen molar-refractivity contribution in [1.82, 2.24) is 5.43 Å². The largest absolute Gasteiger partial charge is 0.385 e. The predicted octanol–water partition coefficient (Wildman–Crippen LogP) is 1.43. The number of hydrazone groups is 1. The van der Waals surface area contributed by atoms with Gasteiger partial charge >= 0.3 is 0 Å². The van der Waals surface area contributed by atoms with Crippen LogP contribution in [0.2, 0.25) is 0 Å². The molecular weight excluding hydrogens is 186 g/mol. The van der Waals surface area contributed by atoms with Gasteiger partial charge in [-0.05, 0) is 19.3 Å². The number of amidine groups is 1. The van der Waals surface area contributed by atoms with E-state index in [1.54, 1.807) is 7.11 Å². The van der Waals surface area contributed by atoms with E-state index in [0.717, 1.165) is 37.3 Å². The van der Waals surface area contributed by atoms with Gasteiger partial charge in [0.05, 0.1) is 0 Å². The van der Waals surface area contributed by atoms with Crippen molar-refractivity contribution in [3.05, 3.63) is 0 Å². The SMILES string of the molecule is COCCCCC1=NNC(=N)SC1. The monoisotopic (exact) mass is 201 g/mol. The molecule has 2 N–H and O–H groups in total. The Balaban J connectivity index is 2.11. The lowest BCUT2D eigenvalue weighted by Gasteiger charge is -2.12. The Morgan fingerprint density at radius 3 is 3.08 bits per heavy atom. The van der Waals surface area contributed by atoms with E-state index in [9.17, 15) is 0 Å². The third-order valence-electron chi connectivity index (χ3n) is 1.76. The number of methoxy groups -OCH3 is 1. The van der Waals surface area contributed by atoms with Gasteiger partial charge in [-0.25, -0.2) is 0 Å². The molecule has 0 atom stereocenters. The fraction of sp³-hybridized carbons (Fsp3) is 0.750. The molecule has 0 unspecified atom stereocenters. The Morgan fingerprint density at radius 1 is 1.62 bits per heavy atom. The van der Waals surface area contributed by atoms with Crippen LogP contribution in [0.25, 0.3) is 0 Å². The lowest BCUT2D eigenvalue weighted by molar-refractivity contribution is 0.193. The maximum atomic E-state index is 7.25. The van der Waals surface area contributed by atoms with Crippen molar-refractivity contribution in [2.75, 3.05) is 19.5 Å². The molecule has 4 nitrogen and oxygen atoms in total. The van der Waals surface area contributed by atoms with Crippen LogP contribution < -0.4 is 5.43 Å². The number of thioether (sulfide) groups is 1. The van der Waals surface area contributed by atoms with Gasteiger partial charge in [-0.2, -0.15) is 5.10 Å². The average molecular weight is 201 g/mol. The van der Waals surface area contributed by atoms with Crippen LogP contribution in [0.15, 0.2) is 5.10 Å². The van der Waals surface area contributed by atoms with Crippen molar-refractivity contribution in [1.29, 1.82) is 5.41 Å². The van der Waals surface area contributed by atoms with E-state index >= 15 is 0 Å². The van der Waals surface area contributed by atoms with E-state index < -0.39 is 0 Å². The van der Waals surface area contributed by atoms with Gasteiger partial charge in [-0.15, -0.1) is 0 Å². The Hall–Kier alpha value is -0.550. The molecule has 0 saturated heterocycles. The molecule has 0 aliphatic carbocycles. The first kappa shape index (κ1) is 10.5. The molecule has 0 saturated carbocycles. The maximum absolute atomic E-state index is 7.25. The van der Waals surface area contributed by atoms with Crippen LogP contribution in [0.5, 0.6) is 0 Å². The molecule has 1 heterocycles. The van der Waals surface area contributed by atoms with Gasteiger partial charge in [0.25, 0.3) is 0 Å². The molecule has 74 valence electrons. The van der Waals surface area contributed by atoms with Crippen molar-refractivity contribution < 1.29 is 4.74 Å². The van der Waals surface area contributed by atoms with Gasteiger partial charge in [0.2, 0.25) is 0 Å². The summed E-state index contributed by atoms with van der Waals surface area (Å²) in [5.41, 5.74) is 3.83. The van der Waals surface area contributed by atoms with Crippen molar-refractivity contribution >= 4 is 22.6 Å². The van der Waals surface area contributed by atoms with Crippen LogP contribution in [0, 0.1) is 5.41 Å². The van der Waals surface area contributed by atoms with Crippen LogP contribution >= 0.6 is 11.8 Å². The van der Waals surface area contributed by atoms with E-state index in [0.29, 0.717) is 5.17 Å². The highest BCUT2D eigenvalue weighted by atomic mass is 32.2. The smallest absolute Gasteiger partial charge is 0.174 e. The molecule has 1 aliphatic rings. The molecule has 0 amide bonds. The fourth-order valence-electron chi connectivity index (χ4n) is 1.05. The molecule has 0 radical (unpaired) electrons. The number of hydrogen-bond donors (Lipinski definition) is 2. The summed E-state index contributed by atoms with van der Waals surface area (Å²) >= 11 is 1.50. The Morgan fingerprint density at radius 2 is 2.46 bits per heavy atom. The van der Waals surface area contributed by atoms with Gasteiger partial charge in [-0.1, -0.05) is 11.8 Å². The number of nitrogens with zero attached hydrogens (tertiary/aromatic N) is 1. The molecule has 13 heavy (non-hydrogen) atoms. The average Bonchev–Trinajstić information content (AvgIpc) is 2.15. The number of ether oxygens (including phenoxy) is 1. The van der Waals surface area contributed by atoms with Crippen molar-refractivity contribution in [3.8, 4) is 0 Å². The van der Waals surface area contributed by atoms with Crippen molar-refractivity contribution in [3.63, 3.8) is 0 Å². The van der Waals surface area contributed by atoms with Crippen LogP contribution in [-0.2, 0) is 4.74 Å². The third kappa shape index (κ3) is 4.28. The summed E-state index contributed by atoms with van der Waals surface area (Å²) in [7, 11) is 1.72. The van der Waals surface area contributed by atoms with Crippen LogP contribution in [0.3, 0.4) is 0 Å². The highest BCUT2D eigenvalue weighted by Gasteiger charge is 2.08. The van der Waals surface area contributed by atoms with Gasteiger partial charge in [-0.3, -0.25) is 10.8 Å². The van der Waals surface area contributed by atoms with Crippen LogP contribution in [0.1, 0.15) is 19.3 Å². The van der Waals surface area contributed by atoms with E-state index in [2.05, 4.69) is 10.5 Å². The lowest BCUT2D eigenvalue weighted by atomic mass is 10.2. The van der Waals surface area contributed by atoms with Gasteiger partial charge in [0, 0.05) is 25.2 Å². The molecular formula is C8H15N3OS. The zero-order valence-corrected chi connectivity index (χ0v) is 8.62. The molecule has 5 heteroatoms. The quantitative estimate of drug-likeness (QED) is 0.662. The molecule has 0 aromatic carbocycles. The van der Waals surface area contributed by atoms with Gasteiger partial charge < -0.3 is 4.74 Å². The lowest BCUT2D eigenvalue weighted by Crippen LogP contribution is -2.23. The Bertz CT molecular complexity index is 206. The van der Waals surface area contributed by atoms with E-state index in [1.165, 1.54) is 11.8 Å². The minimum Gasteiger partial charge on any atom is -0.385 e. The predicted molar refractivity (Wildman–Crippen MR) is 56.5 cm³/mol. The van der Waals surface area contributed by atoms with Gasteiger partial charge in [0.15, 0.2) is 5.17 Å². The number of unbranched alkanes of at least 4 members (excludes halogenated alkanes) is 1. The molecule has 1 aliphatic heterocycles. The summed E-state index contributed by atoms with van der Waals surface area (Å²) in [5.74, 6) is 0.860. The van der Waals surface area contributed by atoms with E-state index in [-0.39, 0.29) is 0 Å². The topological polar surface area (TPSA) is 57.5 Å². The highest BCUT2D eigenvalue weighted by Crippen LogP contribution is 2.10. The number of rotatable bonds is 5. The summed E-state index contributed by atoms with van der Waals surface area (Å²) in [6.07, 6.45) is 3.20. The zero-order valence-electron chi connectivity index (χ0n) is 7.80. The van der Waals surface area contributed by atoms with E-state index in [4.69, 9.17) is 10.1 Å². The minimum absolute atomic E-state index is 0.445. The molecule has 0 fully saturated rings. The first-order valence-corrected chi connectivity index (χ1v) is 5.33. The standard InChI is InChI=1S/C8H15N3OS/c1-12-5-3-2-4-7-6-13-8(9)11-10-7/h2-6H2,1H3,(H2,9,11). The van der Waals surface area contributed by atoms with Crippen LogP contribution in [-0.4, -0.2) is 30.3 Å². The minimum atomic E-state index is 0.445. The summed E-state index contributed by atoms with van der Waals surface area (Å²) in [6.45, 7) is 0.823.